The van der Waals surface area contributed by atoms with Crippen molar-refractivity contribution in [3.05, 3.63) is 34.4 Å². The molecule has 0 amide bonds. The van der Waals surface area contributed by atoms with Crippen LogP contribution in [0, 0.1) is 5.92 Å². The second kappa shape index (κ2) is 3.34. The van der Waals surface area contributed by atoms with Gasteiger partial charge in [-0.15, -0.1) is 0 Å². The van der Waals surface area contributed by atoms with Crippen LogP contribution < -0.4 is 0 Å². The van der Waals surface area contributed by atoms with E-state index in [9.17, 15) is 5.11 Å². The van der Waals surface area contributed by atoms with Crippen LogP contribution >= 0.6 is 0 Å². The van der Waals surface area contributed by atoms with E-state index in [1.165, 1.54) is 42.4 Å². The molecule has 1 heteroatoms. The summed E-state index contributed by atoms with van der Waals surface area (Å²) in [7, 11) is 0. The van der Waals surface area contributed by atoms with Crippen molar-refractivity contribution in [2.24, 2.45) is 5.92 Å². The molecule has 3 rings (SSSR count). The Labute approximate surface area is 91.1 Å². The number of benzene rings is 1. The molecule has 15 heavy (non-hydrogen) atoms. The largest absolute Gasteiger partial charge is 0.388 e. The van der Waals surface area contributed by atoms with Gasteiger partial charge in [0, 0.05) is 0 Å². The molecule has 2 aliphatic carbocycles. The molecule has 2 atom stereocenters. The first-order valence-corrected chi connectivity index (χ1v) is 6.08. The van der Waals surface area contributed by atoms with Crippen LogP contribution in [0.5, 0.6) is 0 Å². The zero-order chi connectivity index (χ0) is 10.4. The smallest absolute Gasteiger partial charge is 0.0821 e. The monoisotopic (exact) mass is 202 g/mol. The van der Waals surface area contributed by atoms with Gasteiger partial charge in [0.15, 0.2) is 0 Å². The van der Waals surface area contributed by atoms with Crippen molar-refractivity contribution in [2.75, 3.05) is 0 Å². The molecule has 2 unspecified atom stereocenters. The molecule has 0 saturated heterocycles. The van der Waals surface area contributed by atoms with Gasteiger partial charge in [0.1, 0.15) is 0 Å². The molecule has 0 saturated carbocycles. The maximum absolute atomic E-state index is 10.1. The van der Waals surface area contributed by atoms with Crippen molar-refractivity contribution in [3.8, 4) is 0 Å². The molecule has 2 aliphatic rings. The van der Waals surface area contributed by atoms with Crippen molar-refractivity contribution in [1.82, 2.24) is 0 Å². The van der Waals surface area contributed by atoms with E-state index < -0.39 is 0 Å². The average molecular weight is 202 g/mol. The predicted molar refractivity (Wildman–Crippen MR) is 60.9 cm³/mol. The van der Waals surface area contributed by atoms with E-state index in [1.54, 1.807) is 5.56 Å². The zero-order valence-corrected chi connectivity index (χ0v) is 9.29. The summed E-state index contributed by atoms with van der Waals surface area (Å²) in [5, 5.41) is 10.1. The Bertz CT molecular complexity index is 395. The molecular formula is C14H18O. The highest BCUT2D eigenvalue weighted by Crippen LogP contribution is 2.38. The molecule has 0 bridgehead atoms. The Morgan fingerprint density at radius 3 is 2.47 bits per heavy atom. The molecule has 80 valence electrons. The minimum atomic E-state index is -0.216. The topological polar surface area (TPSA) is 20.2 Å². The maximum Gasteiger partial charge on any atom is 0.0821 e. The van der Waals surface area contributed by atoms with Crippen LogP contribution in [0.3, 0.4) is 0 Å². The lowest BCUT2D eigenvalue weighted by Gasteiger charge is -2.18. The predicted octanol–water partition coefficient (Wildman–Crippen LogP) is 2.79. The van der Waals surface area contributed by atoms with E-state index in [-0.39, 0.29) is 6.10 Å². The third-order valence-corrected chi connectivity index (χ3v) is 4.00. The second-order valence-corrected chi connectivity index (χ2v) is 5.15. The summed E-state index contributed by atoms with van der Waals surface area (Å²) in [6, 6.07) is 4.63. The lowest BCUT2D eigenvalue weighted by Crippen LogP contribution is -2.05. The maximum atomic E-state index is 10.1. The van der Waals surface area contributed by atoms with Gasteiger partial charge in [0.05, 0.1) is 6.10 Å². The number of hydrogen-bond donors (Lipinski definition) is 1. The summed E-state index contributed by atoms with van der Waals surface area (Å²) >= 11 is 0. The molecule has 0 aliphatic heterocycles. The fourth-order valence-corrected chi connectivity index (χ4v) is 3.07. The van der Waals surface area contributed by atoms with Crippen molar-refractivity contribution in [3.63, 3.8) is 0 Å². The third-order valence-electron chi connectivity index (χ3n) is 4.00. The number of hydrogen-bond acceptors (Lipinski definition) is 1. The van der Waals surface area contributed by atoms with Crippen molar-refractivity contribution >= 4 is 0 Å². The van der Waals surface area contributed by atoms with Gasteiger partial charge in [-0.2, -0.15) is 0 Å². The standard InChI is InChI=1S/C14H18O/c1-9-6-12-7-10-4-2-3-5-11(10)8-13(12)14(9)15/h7-9,14-15H,2-6H2,1H3. The summed E-state index contributed by atoms with van der Waals surface area (Å²) in [4.78, 5) is 0. The number of aliphatic hydroxyl groups excluding tert-OH is 1. The number of fused-ring (bicyclic) bond motifs is 2. The number of aliphatic hydroxyl groups is 1. The molecular weight excluding hydrogens is 184 g/mol. The summed E-state index contributed by atoms with van der Waals surface area (Å²) in [5.74, 6) is 0.406. The van der Waals surface area contributed by atoms with Crippen molar-refractivity contribution in [2.45, 2.75) is 45.1 Å². The summed E-state index contributed by atoms with van der Waals surface area (Å²) in [6.45, 7) is 2.14. The lowest BCUT2D eigenvalue weighted by molar-refractivity contribution is 0.133. The molecule has 0 radical (unpaired) electrons. The molecule has 1 nitrogen and oxygen atoms in total. The van der Waals surface area contributed by atoms with Crippen LogP contribution in [0.15, 0.2) is 12.1 Å². The average Bonchev–Trinajstić information content (AvgIpc) is 2.52. The van der Waals surface area contributed by atoms with Crippen LogP contribution in [0.25, 0.3) is 0 Å². The van der Waals surface area contributed by atoms with Crippen LogP contribution in [0.4, 0.5) is 0 Å². The Morgan fingerprint density at radius 1 is 1.07 bits per heavy atom. The Balaban J connectivity index is 2.09. The SMILES string of the molecule is CC1Cc2cc3c(cc2C1O)CCCC3. The first-order chi connectivity index (χ1) is 7.25. The highest BCUT2D eigenvalue weighted by Gasteiger charge is 2.28. The van der Waals surface area contributed by atoms with E-state index in [1.807, 2.05) is 0 Å². The van der Waals surface area contributed by atoms with E-state index in [2.05, 4.69) is 19.1 Å². The van der Waals surface area contributed by atoms with Gasteiger partial charge in [-0.1, -0.05) is 19.1 Å². The minimum absolute atomic E-state index is 0.216. The molecule has 1 aromatic rings. The van der Waals surface area contributed by atoms with E-state index in [4.69, 9.17) is 0 Å². The van der Waals surface area contributed by atoms with Gasteiger partial charge < -0.3 is 5.11 Å². The quantitative estimate of drug-likeness (QED) is 0.686. The molecule has 0 fully saturated rings. The second-order valence-electron chi connectivity index (χ2n) is 5.15. The van der Waals surface area contributed by atoms with E-state index in [0.29, 0.717) is 5.92 Å². The van der Waals surface area contributed by atoms with Gasteiger partial charge >= 0.3 is 0 Å². The molecule has 0 heterocycles. The Morgan fingerprint density at radius 2 is 1.73 bits per heavy atom. The Hall–Kier alpha value is -0.820. The summed E-state index contributed by atoms with van der Waals surface area (Å²) in [6.07, 6.45) is 5.95. The summed E-state index contributed by atoms with van der Waals surface area (Å²) < 4.78 is 0. The van der Waals surface area contributed by atoms with E-state index in [0.717, 1.165) is 6.42 Å². The molecule has 0 aromatic heterocycles. The highest BCUT2D eigenvalue weighted by atomic mass is 16.3. The number of rotatable bonds is 0. The van der Waals surface area contributed by atoms with E-state index >= 15 is 0 Å². The molecule has 0 spiro atoms. The Kier molecular flexibility index (Phi) is 2.10. The molecule has 1 N–H and O–H groups in total. The third kappa shape index (κ3) is 1.41. The van der Waals surface area contributed by atoms with Crippen LogP contribution in [0.2, 0.25) is 0 Å². The first kappa shape index (κ1) is 9.41. The van der Waals surface area contributed by atoms with Gasteiger partial charge in [0.2, 0.25) is 0 Å². The number of aryl methyl sites for hydroxylation is 2. The van der Waals surface area contributed by atoms with Crippen LogP contribution in [-0.4, -0.2) is 5.11 Å². The summed E-state index contributed by atoms with van der Waals surface area (Å²) in [5.41, 5.74) is 5.65. The molecule has 1 aromatic carbocycles. The van der Waals surface area contributed by atoms with Crippen LogP contribution in [0.1, 0.15) is 48.1 Å². The normalized spacial score (nSPS) is 28.7. The fraction of sp³-hybridized carbons (Fsp3) is 0.571. The van der Waals surface area contributed by atoms with Crippen molar-refractivity contribution in [1.29, 1.82) is 0 Å². The first-order valence-electron chi connectivity index (χ1n) is 6.08. The van der Waals surface area contributed by atoms with Crippen molar-refractivity contribution < 1.29 is 5.11 Å². The van der Waals surface area contributed by atoms with Gasteiger partial charge in [-0.3, -0.25) is 0 Å². The minimum Gasteiger partial charge on any atom is -0.388 e. The van der Waals surface area contributed by atoms with Gasteiger partial charge in [0.25, 0.3) is 0 Å². The lowest BCUT2D eigenvalue weighted by atomic mass is 9.88. The van der Waals surface area contributed by atoms with Gasteiger partial charge in [-0.25, -0.2) is 0 Å². The fourth-order valence-electron chi connectivity index (χ4n) is 3.07. The van der Waals surface area contributed by atoms with Crippen LogP contribution in [-0.2, 0) is 19.3 Å². The highest BCUT2D eigenvalue weighted by molar-refractivity contribution is 5.43. The van der Waals surface area contributed by atoms with Gasteiger partial charge in [-0.05, 0) is 60.3 Å². The zero-order valence-electron chi connectivity index (χ0n) is 9.29.